The highest BCUT2D eigenvalue weighted by Crippen LogP contribution is 2.41. The number of hydrogen-bond donors (Lipinski definition) is 0. The van der Waals surface area contributed by atoms with E-state index in [0.717, 1.165) is 23.5 Å². The van der Waals surface area contributed by atoms with Crippen LogP contribution in [-0.4, -0.2) is 19.8 Å². The largest absolute Gasteiger partial charge is 0.490 e. The summed E-state index contributed by atoms with van der Waals surface area (Å²) in [5.41, 5.74) is 1.13. The third kappa shape index (κ3) is 4.19. The Bertz CT molecular complexity index is 426. The normalized spacial score (nSPS) is 11.8. The zero-order valence-corrected chi connectivity index (χ0v) is 13.1. The molecule has 0 aliphatic rings. The summed E-state index contributed by atoms with van der Waals surface area (Å²) in [5, 5.41) is 0. The highest BCUT2D eigenvalue weighted by Gasteiger charge is 2.18. The van der Waals surface area contributed by atoms with Crippen LogP contribution in [0.2, 0.25) is 0 Å². The van der Waals surface area contributed by atoms with Crippen molar-refractivity contribution in [3.05, 3.63) is 30.4 Å². The van der Waals surface area contributed by atoms with E-state index in [-0.39, 0.29) is 0 Å². The van der Waals surface area contributed by atoms with E-state index < -0.39 is 0 Å². The summed E-state index contributed by atoms with van der Waals surface area (Å²) in [5.74, 6) is 2.65. The van der Waals surface area contributed by atoms with Crippen LogP contribution in [0.4, 0.5) is 0 Å². The summed E-state index contributed by atoms with van der Waals surface area (Å²) in [7, 11) is 0. The molecule has 3 nitrogen and oxygen atoms in total. The Kier molecular flexibility index (Phi) is 6.99. The Hall–Kier alpha value is -1.64. The van der Waals surface area contributed by atoms with E-state index >= 15 is 0 Å². The maximum Gasteiger partial charge on any atom is 0.203 e. The standard InChI is InChI=1S/C17H26O3/c1-6-13(5)12-14-10-11-15(18-7-2)17(20-9-4)16(14)19-8-3/h6,10-11,13H,1,7-9,12H2,2-5H3. The average molecular weight is 278 g/mol. The van der Waals surface area contributed by atoms with Gasteiger partial charge in [0, 0.05) is 0 Å². The molecular weight excluding hydrogens is 252 g/mol. The van der Waals surface area contributed by atoms with Crippen LogP contribution >= 0.6 is 0 Å². The van der Waals surface area contributed by atoms with Crippen molar-refractivity contribution in [2.45, 2.75) is 34.1 Å². The lowest BCUT2D eigenvalue weighted by Crippen LogP contribution is -2.06. The molecule has 1 aromatic rings. The first-order valence-electron chi connectivity index (χ1n) is 7.34. The number of ether oxygens (including phenoxy) is 3. The first-order chi connectivity index (χ1) is 9.67. The van der Waals surface area contributed by atoms with Gasteiger partial charge < -0.3 is 14.2 Å². The molecule has 20 heavy (non-hydrogen) atoms. The van der Waals surface area contributed by atoms with Crippen molar-refractivity contribution in [1.29, 1.82) is 0 Å². The zero-order chi connectivity index (χ0) is 15.0. The minimum atomic E-state index is 0.390. The van der Waals surface area contributed by atoms with E-state index in [2.05, 4.69) is 19.6 Å². The minimum absolute atomic E-state index is 0.390. The van der Waals surface area contributed by atoms with Gasteiger partial charge in [-0.2, -0.15) is 0 Å². The van der Waals surface area contributed by atoms with Crippen LogP contribution in [-0.2, 0) is 6.42 Å². The van der Waals surface area contributed by atoms with Crippen LogP contribution in [0.3, 0.4) is 0 Å². The van der Waals surface area contributed by atoms with Crippen molar-refractivity contribution in [3.8, 4) is 17.2 Å². The molecular formula is C17H26O3. The molecule has 0 bridgehead atoms. The summed E-state index contributed by atoms with van der Waals surface area (Å²) in [6, 6.07) is 4.01. The van der Waals surface area contributed by atoms with Gasteiger partial charge in [-0.15, -0.1) is 6.58 Å². The Balaban J connectivity index is 3.22. The lowest BCUT2D eigenvalue weighted by Gasteiger charge is -2.19. The van der Waals surface area contributed by atoms with Crippen LogP contribution in [0.15, 0.2) is 24.8 Å². The van der Waals surface area contributed by atoms with E-state index in [1.807, 2.05) is 32.9 Å². The Morgan fingerprint density at radius 1 is 1.00 bits per heavy atom. The molecule has 3 heteroatoms. The van der Waals surface area contributed by atoms with E-state index in [9.17, 15) is 0 Å². The van der Waals surface area contributed by atoms with E-state index in [1.54, 1.807) is 0 Å². The summed E-state index contributed by atoms with van der Waals surface area (Å²) in [6.45, 7) is 13.7. The second-order valence-corrected chi connectivity index (χ2v) is 4.60. The molecule has 0 aliphatic carbocycles. The summed E-state index contributed by atoms with van der Waals surface area (Å²) < 4.78 is 17.2. The maximum absolute atomic E-state index is 5.81. The zero-order valence-electron chi connectivity index (χ0n) is 13.1. The van der Waals surface area contributed by atoms with Gasteiger partial charge in [-0.05, 0) is 44.7 Å². The van der Waals surface area contributed by atoms with Crippen molar-refractivity contribution in [2.24, 2.45) is 5.92 Å². The molecule has 1 unspecified atom stereocenters. The fraction of sp³-hybridized carbons (Fsp3) is 0.529. The lowest BCUT2D eigenvalue weighted by atomic mass is 10.00. The molecule has 0 fully saturated rings. The molecule has 1 rings (SSSR count). The molecule has 0 spiro atoms. The fourth-order valence-corrected chi connectivity index (χ4v) is 2.03. The van der Waals surface area contributed by atoms with Crippen LogP contribution in [0.1, 0.15) is 33.3 Å². The van der Waals surface area contributed by atoms with Gasteiger partial charge in [0.25, 0.3) is 0 Å². The predicted molar refractivity (Wildman–Crippen MR) is 83.0 cm³/mol. The van der Waals surface area contributed by atoms with Crippen molar-refractivity contribution in [1.82, 2.24) is 0 Å². The van der Waals surface area contributed by atoms with Crippen LogP contribution in [0, 0.1) is 5.92 Å². The highest BCUT2D eigenvalue weighted by atomic mass is 16.5. The average Bonchev–Trinajstić information content (AvgIpc) is 2.45. The topological polar surface area (TPSA) is 27.7 Å². The molecule has 0 N–H and O–H groups in total. The number of benzene rings is 1. The van der Waals surface area contributed by atoms with Crippen molar-refractivity contribution in [2.75, 3.05) is 19.8 Å². The molecule has 0 saturated carbocycles. The van der Waals surface area contributed by atoms with Crippen molar-refractivity contribution in [3.63, 3.8) is 0 Å². The SMILES string of the molecule is C=CC(C)Cc1ccc(OCC)c(OCC)c1OCC. The summed E-state index contributed by atoms with van der Waals surface area (Å²) in [4.78, 5) is 0. The third-order valence-corrected chi connectivity index (χ3v) is 2.98. The number of allylic oxidation sites excluding steroid dienone is 1. The van der Waals surface area contributed by atoms with Gasteiger partial charge in [0.15, 0.2) is 11.5 Å². The molecule has 0 aliphatic heterocycles. The van der Waals surface area contributed by atoms with Gasteiger partial charge in [-0.3, -0.25) is 0 Å². The first-order valence-corrected chi connectivity index (χ1v) is 7.34. The third-order valence-electron chi connectivity index (χ3n) is 2.98. The molecule has 0 amide bonds. The second kappa shape index (κ2) is 8.51. The monoisotopic (exact) mass is 278 g/mol. The lowest BCUT2D eigenvalue weighted by molar-refractivity contribution is 0.259. The number of hydrogen-bond acceptors (Lipinski definition) is 3. The summed E-state index contributed by atoms with van der Waals surface area (Å²) in [6.07, 6.45) is 2.83. The van der Waals surface area contributed by atoms with Gasteiger partial charge >= 0.3 is 0 Å². The molecule has 0 heterocycles. The molecule has 0 aromatic heterocycles. The van der Waals surface area contributed by atoms with E-state index in [0.29, 0.717) is 31.5 Å². The molecule has 1 aromatic carbocycles. The Labute approximate surface area is 122 Å². The quantitative estimate of drug-likeness (QED) is 0.632. The molecule has 1 atom stereocenters. The molecule has 0 saturated heterocycles. The van der Waals surface area contributed by atoms with Crippen molar-refractivity contribution >= 4 is 0 Å². The van der Waals surface area contributed by atoms with Gasteiger partial charge in [-0.1, -0.05) is 19.1 Å². The minimum Gasteiger partial charge on any atom is -0.490 e. The smallest absolute Gasteiger partial charge is 0.203 e. The molecule has 112 valence electrons. The second-order valence-electron chi connectivity index (χ2n) is 4.60. The first kappa shape index (κ1) is 16.4. The predicted octanol–water partition coefficient (Wildman–Crippen LogP) is 4.25. The van der Waals surface area contributed by atoms with Gasteiger partial charge in [0.05, 0.1) is 19.8 Å². The van der Waals surface area contributed by atoms with E-state index in [1.165, 1.54) is 0 Å². The fourth-order valence-electron chi connectivity index (χ4n) is 2.03. The van der Waals surface area contributed by atoms with Crippen LogP contribution in [0.5, 0.6) is 17.2 Å². The van der Waals surface area contributed by atoms with Crippen LogP contribution < -0.4 is 14.2 Å². The van der Waals surface area contributed by atoms with Crippen LogP contribution in [0.25, 0.3) is 0 Å². The Morgan fingerprint density at radius 3 is 2.15 bits per heavy atom. The summed E-state index contributed by atoms with van der Waals surface area (Å²) >= 11 is 0. The molecule has 0 radical (unpaired) electrons. The highest BCUT2D eigenvalue weighted by molar-refractivity contribution is 5.56. The van der Waals surface area contributed by atoms with Gasteiger partial charge in [0.1, 0.15) is 0 Å². The van der Waals surface area contributed by atoms with Crippen molar-refractivity contribution < 1.29 is 14.2 Å². The van der Waals surface area contributed by atoms with E-state index in [4.69, 9.17) is 14.2 Å². The maximum atomic E-state index is 5.81. The van der Waals surface area contributed by atoms with Gasteiger partial charge in [-0.25, -0.2) is 0 Å². The van der Waals surface area contributed by atoms with Gasteiger partial charge in [0.2, 0.25) is 5.75 Å². The number of rotatable bonds is 9. The Morgan fingerprint density at radius 2 is 1.60 bits per heavy atom.